The molecule has 0 saturated carbocycles. The van der Waals surface area contributed by atoms with E-state index in [0.717, 1.165) is 18.7 Å². The van der Waals surface area contributed by atoms with Crippen LogP contribution in [-0.4, -0.2) is 75.6 Å². The minimum atomic E-state index is -1.19. The van der Waals surface area contributed by atoms with Gasteiger partial charge >= 0.3 is 11.9 Å². The number of hydrogen-bond acceptors (Lipinski definition) is 6. The molecule has 0 aromatic heterocycles. The summed E-state index contributed by atoms with van der Waals surface area (Å²) in [7, 11) is 3.93. The van der Waals surface area contributed by atoms with Gasteiger partial charge in [0.25, 0.3) is 0 Å². The van der Waals surface area contributed by atoms with Crippen molar-refractivity contribution in [3.05, 3.63) is 12.2 Å². The number of carbonyl (C=O) groups is 2. The summed E-state index contributed by atoms with van der Waals surface area (Å²) in [5.41, 5.74) is 0. The molecule has 0 aliphatic carbocycles. The van der Waals surface area contributed by atoms with E-state index in [2.05, 4.69) is 0 Å². The quantitative estimate of drug-likeness (QED) is 0.316. The molecular weight excluding hydrogens is 254 g/mol. The Labute approximate surface area is 112 Å². The van der Waals surface area contributed by atoms with E-state index in [1.165, 1.54) is 0 Å². The first-order chi connectivity index (χ1) is 9.02. The van der Waals surface area contributed by atoms with Crippen molar-refractivity contribution in [2.75, 3.05) is 53.7 Å². The summed E-state index contributed by atoms with van der Waals surface area (Å²) in [6.45, 7) is 2.75. The number of rotatable bonds is 11. The van der Waals surface area contributed by atoms with Gasteiger partial charge < -0.3 is 24.2 Å². The molecule has 0 aromatic carbocycles. The maximum absolute atomic E-state index is 10.9. The van der Waals surface area contributed by atoms with Crippen LogP contribution in [0.15, 0.2) is 12.2 Å². The van der Waals surface area contributed by atoms with E-state index in [9.17, 15) is 9.59 Å². The third kappa shape index (κ3) is 14.5. The molecule has 0 rings (SSSR count). The zero-order valence-electron chi connectivity index (χ0n) is 11.3. The van der Waals surface area contributed by atoms with E-state index in [0.29, 0.717) is 19.8 Å². The number of ether oxygens (including phenoxy) is 3. The lowest BCUT2D eigenvalue weighted by Gasteiger charge is -2.09. The minimum absolute atomic E-state index is 0.0838. The maximum Gasteiger partial charge on any atom is 0.331 e. The third-order valence-corrected chi connectivity index (χ3v) is 1.89. The largest absolute Gasteiger partial charge is 0.478 e. The van der Waals surface area contributed by atoms with Crippen LogP contribution in [-0.2, 0) is 23.8 Å². The Bertz CT molecular complexity index is 290. The van der Waals surface area contributed by atoms with Crippen LogP contribution < -0.4 is 0 Å². The lowest BCUT2D eigenvalue weighted by Crippen LogP contribution is -2.19. The molecule has 0 fully saturated rings. The Kier molecular flexibility index (Phi) is 10.8. The van der Waals surface area contributed by atoms with Crippen molar-refractivity contribution in [2.45, 2.75) is 0 Å². The van der Waals surface area contributed by atoms with Gasteiger partial charge in [0.1, 0.15) is 6.61 Å². The molecule has 110 valence electrons. The summed E-state index contributed by atoms with van der Waals surface area (Å²) in [6, 6.07) is 0. The predicted octanol–water partition coefficient (Wildman–Crippen LogP) is -0.235. The second-order valence-corrected chi connectivity index (χ2v) is 3.87. The second-order valence-electron chi connectivity index (χ2n) is 3.87. The Hall–Kier alpha value is -1.44. The smallest absolute Gasteiger partial charge is 0.331 e. The van der Waals surface area contributed by atoms with Gasteiger partial charge in [-0.05, 0) is 14.1 Å². The van der Waals surface area contributed by atoms with Crippen LogP contribution in [0.2, 0.25) is 0 Å². The SMILES string of the molecule is CN(C)CCOCCOCCOC(=O)C=CC(=O)O. The van der Waals surface area contributed by atoms with Gasteiger partial charge in [-0.15, -0.1) is 0 Å². The molecule has 0 unspecified atom stereocenters. The summed E-state index contributed by atoms with van der Waals surface area (Å²) in [4.78, 5) is 23.1. The Balaban J connectivity index is 3.27. The first kappa shape index (κ1) is 17.6. The average molecular weight is 275 g/mol. The lowest BCUT2D eigenvalue weighted by molar-refractivity contribution is -0.140. The number of nitrogens with zero attached hydrogens (tertiary/aromatic N) is 1. The maximum atomic E-state index is 10.9. The Morgan fingerprint density at radius 3 is 2.16 bits per heavy atom. The van der Waals surface area contributed by atoms with Gasteiger partial charge in [0.2, 0.25) is 0 Å². The first-order valence-corrected chi connectivity index (χ1v) is 5.90. The fourth-order valence-electron chi connectivity index (χ4n) is 0.958. The molecule has 0 bridgehead atoms. The van der Waals surface area contributed by atoms with E-state index in [1.807, 2.05) is 19.0 Å². The summed E-state index contributed by atoms with van der Waals surface area (Å²) >= 11 is 0. The van der Waals surface area contributed by atoms with Crippen molar-refractivity contribution >= 4 is 11.9 Å². The first-order valence-electron chi connectivity index (χ1n) is 5.90. The molecule has 0 aliphatic rings. The molecule has 1 N–H and O–H groups in total. The number of carboxylic acid groups (broad SMARTS) is 1. The fourth-order valence-corrected chi connectivity index (χ4v) is 0.958. The van der Waals surface area contributed by atoms with Crippen molar-refractivity contribution in [2.24, 2.45) is 0 Å². The molecule has 19 heavy (non-hydrogen) atoms. The summed E-state index contributed by atoms with van der Waals surface area (Å²) in [5, 5.41) is 8.27. The summed E-state index contributed by atoms with van der Waals surface area (Å²) in [6.07, 6.45) is 1.58. The van der Waals surface area contributed by atoms with Crippen LogP contribution >= 0.6 is 0 Å². The molecule has 0 atom stereocenters. The van der Waals surface area contributed by atoms with Crippen molar-refractivity contribution in [1.29, 1.82) is 0 Å². The number of carbonyl (C=O) groups excluding carboxylic acids is 1. The van der Waals surface area contributed by atoms with Crippen LogP contribution in [0.1, 0.15) is 0 Å². The number of carboxylic acids is 1. The van der Waals surface area contributed by atoms with Crippen molar-refractivity contribution in [3.8, 4) is 0 Å². The van der Waals surface area contributed by atoms with Gasteiger partial charge in [-0.2, -0.15) is 0 Å². The monoisotopic (exact) mass is 275 g/mol. The number of likely N-dealkylation sites (N-methyl/N-ethyl adjacent to an activating group) is 1. The van der Waals surface area contributed by atoms with Gasteiger partial charge in [0, 0.05) is 18.7 Å². The standard InChI is InChI=1S/C12H21NO6/c1-13(2)5-6-17-7-8-18-9-10-19-12(16)4-3-11(14)15/h3-4H,5-10H2,1-2H3,(H,14,15). The molecule has 0 aromatic rings. The molecule has 0 amide bonds. The van der Waals surface area contributed by atoms with Gasteiger partial charge in [-0.3, -0.25) is 0 Å². The molecular formula is C12H21NO6. The Morgan fingerprint density at radius 2 is 1.58 bits per heavy atom. The van der Waals surface area contributed by atoms with Crippen LogP contribution in [0, 0.1) is 0 Å². The van der Waals surface area contributed by atoms with Crippen LogP contribution in [0.5, 0.6) is 0 Å². The van der Waals surface area contributed by atoms with E-state index < -0.39 is 11.9 Å². The molecule has 7 heteroatoms. The topological polar surface area (TPSA) is 85.3 Å². The average Bonchev–Trinajstić information content (AvgIpc) is 2.34. The molecule has 0 spiro atoms. The van der Waals surface area contributed by atoms with Gasteiger partial charge in [0.05, 0.1) is 26.4 Å². The van der Waals surface area contributed by atoms with Crippen molar-refractivity contribution in [3.63, 3.8) is 0 Å². The number of esters is 1. The highest BCUT2D eigenvalue weighted by Gasteiger charge is 1.98. The molecule has 0 saturated heterocycles. The summed E-state index contributed by atoms with van der Waals surface area (Å²) < 4.78 is 15.1. The number of aliphatic carboxylic acids is 1. The normalized spacial score (nSPS) is 11.1. The van der Waals surface area contributed by atoms with Gasteiger partial charge in [-0.25, -0.2) is 9.59 Å². The summed E-state index contributed by atoms with van der Waals surface area (Å²) in [5.74, 6) is -1.89. The molecule has 7 nitrogen and oxygen atoms in total. The Morgan fingerprint density at radius 1 is 1.00 bits per heavy atom. The highest BCUT2D eigenvalue weighted by atomic mass is 16.6. The second kappa shape index (κ2) is 11.6. The van der Waals surface area contributed by atoms with E-state index >= 15 is 0 Å². The zero-order chi connectivity index (χ0) is 14.5. The van der Waals surface area contributed by atoms with Crippen LogP contribution in [0.4, 0.5) is 0 Å². The van der Waals surface area contributed by atoms with E-state index in [1.54, 1.807) is 0 Å². The fraction of sp³-hybridized carbons (Fsp3) is 0.667. The molecule has 0 radical (unpaired) electrons. The predicted molar refractivity (Wildman–Crippen MR) is 67.9 cm³/mol. The minimum Gasteiger partial charge on any atom is -0.478 e. The third-order valence-electron chi connectivity index (χ3n) is 1.89. The highest BCUT2D eigenvalue weighted by Crippen LogP contribution is 1.85. The van der Waals surface area contributed by atoms with Gasteiger partial charge in [0.15, 0.2) is 0 Å². The lowest BCUT2D eigenvalue weighted by atomic mass is 10.5. The molecule has 0 aliphatic heterocycles. The van der Waals surface area contributed by atoms with E-state index in [4.69, 9.17) is 19.3 Å². The van der Waals surface area contributed by atoms with Crippen LogP contribution in [0.25, 0.3) is 0 Å². The van der Waals surface area contributed by atoms with Crippen molar-refractivity contribution in [1.82, 2.24) is 4.90 Å². The number of hydrogen-bond donors (Lipinski definition) is 1. The van der Waals surface area contributed by atoms with Gasteiger partial charge in [-0.1, -0.05) is 0 Å². The van der Waals surface area contributed by atoms with E-state index in [-0.39, 0.29) is 13.2 Å². The zero-order valence-corrected chi connectivity index (χ0v) is 11.3. The highest BCUT2D eigenvalue weighted by molar-refractivity contribution is 5.90. The van der Waals surface area contributed by atoms with Crippen molar-refractivity contribution < 1.29 is 28.9 Å². The van der Waals surface area contributed by atoms with Crippen LogP contribution in [0.3, 0.4) is 0 Å². The molecule has 0 heterocycles.